The van der Waals surface area contributed by atoms with Crippen LogP contribution in [0.2, 0.25) is 0 Å². The second-order valence-corrected chi connectivity index (χ2v) is 4.73. The predicted molar refractivity (Wildman–Crippen MR) is 77.5 cm³/mol. The van der Waals surface area contributed by atoms with Crippen molar-refractivity contribution in [1.82, 2.24) is 9.13 Å². The van der Waals surface area contributed by atoms with Crippen LogP contribution in [0, 0.1) is 17.0 Å². The van der Waals surface area contributed by atoms with Crippen LogP contribution in [0.1, 0.15) is 11.3 Å². The Labute approximate surface area is 120 Å². The van der Waals surface area contributed by atoms with Crippen molar-refractivity contribution in [3.63, 3.8) is 0 Å². The summed E-state index contributed by atoms with van der Waals surface area (Å²) < 4.78 is 2.04. The quantitative estimate of drug-likeness (QED) is 0.620. The van der Waals surface area contributed by atoms with Crippen LogP contribution in [-0.4, -0.2) is 14.1 Å². The molecular formula is C14H15N3O4. The van der Waals surface area contributed by atoms with Gasteiger partial charge in [-0.15, -0.1) is 0 Å². The molecule has 0 atom stereocenters. The van der Waals surface area contributed by atoms with Gasteiger partial charge in [-0.2, -0.15) is 0 Å². The number of benzene rings is 1. The molecule has 0 N–H and O–H groups in total. The molecule has 0 unspecified atom stereocenters. The number of hydrogen-bond acceptors (Lipinski definition) is 4. The first-order chi connectivity index (χ1) is 9.93. The molecule has 110 valence electrons. The van der Waals surface area contributed by atoms with Gasteiger partial charge in [-0.3, -0.25) is 24.0 Å². The molecule has 2 aromatic rings. The van der Waals surface area contributed by atoms with Crippen molar-refractivity contribution in [1.29, 1.82) is 0 Å². The molecule has 1 heterocycles. The third kappa shape index (κ3) is 2.76. The van der Waals surface area contributed by atoms with Gasteiger partial charge in [-0.05, 0) is 18.9 Å². The topological polar surface area (TPSA) is 87.1 Å². The maximum absolute atomic E-state index is 12.1. The van der Waals surface area contributed by atoms with Gasteiger partial charge in [-0.25, -0.2) is 4.79 Å². The summed E-state index contributed by atoms with van der Waals surface area (Å²) in [6.07, 6.45) is 0.455. The third-order valence-electron chi connectivity index (χ3n) is 3.46. The van der Waals surface area contributed by atoms with Crippen LogP contribution in [0.3, 0.4) is 0 Å². The summed E-state index contributed by atoms with van der Waals surface area (Å²) in [5.41, 5.74) is -0.929. The second kappa shape index (κ2) is 5.74. The van der Waals surface area contributed by atoms with E-state index in [4.69, 9.17) is 0 Å². The first-order valence-electron chi connectivity index (χ1n) is 6.42. The molecule has 0 aliphatic rings. The molecule has 0 saturated carbocycles. The number of nitrogens with zero attached hydrogens (tertiary/aromatic N) is 3. The molecular weight excluding hydrogens is 274 g/mol. The summed E-state index contributed by atoms with van der Waals surface area (Å²) >= 11 is 0. The summed E-state index contributed by atoms with van der Waals surface area (Å²) in [6.45, 7) is 1.50. The molecule has 1 aromatic carbocycles. The Bertz CT molecular complexity index is 790. The van der Waals surface area contributed by atoms with Crippen LogP contribution in [0.25, 0.3) is 0 Å². The molecule has 2 rings (SSSR count). The largest absolute Gasteiger partial charge is 0.353 e. The maximum atomic E-state index is 12.1. The van der Waals surface area contributed by atoms with Crippen molar-refractivity contribution >= 4 is 5.69 Å². The van der Waals surface area contributed by atoms with Crippen LogP contribution in [0.5, 0.6) is 0 Å². The minimum Gasteiger partial charge on any atom is -0.294 e. The van der Waals surface area contributed by atoms with Crippen LogP contribution in [0.4, 0.5) is 5.69 Å². The van der Waals surface area contributed by atoms with Crippen molar-refractivity contribution in [3.05, 3.63) is 72.5 Å². The van der Waals surface area contributed by atoms with Crippen LogP contribution < -0.4 is 11.2 Å². The number of aromatic nitrogens is 2. The molecule has 0 saturated heterocycles. The first-order valence-corrected chi connectivity index (χ1v) is 6.42. The standard InChI is InChI=1S/C14H15N3O4/c1-10-12(17(20)21)13(18)16(14(19)15(10)2)9-8-11-6-4-3-5-7-11/h3-7H,8-9H2,1-2H3. The molecule has 0 amide bonds. The summed E-state index contributed by atoms with van der Waals surface area (Å²) in [4.78, 5) is 34.5. The Kier molecular flexibility index (Phi) is 4.02. The highest BCUT2D eigenvalue weighted by atomic mass is 16.6. The Morgan fingerprint density at radius 2 is 1.81 bits per heavy atom. The van der Waals surface area contributed by atoms with E-state index in [1.54, 1.807) is 0 Å². The van der Waals surface area contributed by atoms with E-state index in [0.29, 0.717) is 6.42 Å². The molecule has 0 aliphatic carbocycles. The van der Waals surface area contributed by atoms with E-state index in [2.05, 4.69) is 0 Å². The SMILES string of the molecule is Cc1c([N+](=O)[O-])c(=O)n(CCc2ccccc2)c(=O)n1C. The third-order valence-corrected chi connectivity index (χ3v) is 3.46. The van der Waals surface area contributed by atoms with E-state index in [1.807, 2.05) is 30.3 Å². The average Bonchev–Trinajstić information content (AvgIpc) is 2.46. The average molecular weight is 289 g/mol. The zero-order valence-corrected chi connectivity index (χ0v) is 11.8. The first kappa shape index (κ1) is 14.7. The summed E-state index contributed by atoms with van der Waals surface area (Å²) in [7, 11) is 1.42. The minimum absolute atomic E-state index is 0.0611. The van der Waals surface area contributed by atoms with Crippen LogP contribution in [0.15, 0.2) is 39.9 Å². The highest BCUT2D eigenvalue weighted by molar-refractivity contribution is 5.31. The van der Waals surface area contributed by atoms with Crippen LogP contribution in [-0.2, 0) is 20.0 Å². The maximum Gasteiger partial charge on any atom is 0.353 e. The van der Waals surface area contributed by atoms with Gasteiger partial charge >= 0.3 is 16.9 Å². The highest BCUT2D eigenvalue weighted by Crippen LogP contribution is 2.08. The van der Waals surface area contributed by atoms with E-state index in [0.717, 1.165) is 14.7 Å². The van der Waals surface area contributed by atoms with E-state index in [1.165, 1.54) is 14.0 Å². The van der Waals surface area contributed by atoms with Crippen molar-refractivity contribution in [3.8, 4) is 0 Å². The molecule has 0 bridgehead atoms. The normalized spacial score (nSPS) is 10.6. The molecule has 0 fully saturated rings. The number of aryl methyl sites for hydroxylation is 1. The number of hydrogen-bond donors (Lipinski definition) is 0. The lowest BCUT2D eigenvalue weighted by molar-refractivity contribution is -0.387. The molecule has 1 aromatic heterocycles. The minimum atomic E-state index is -0.850. The van der Waals surface area contributed by atoms with Crippen molar-refractivity contribution < 1.29 is 4.92 Å². The second-order valence-electron chi connectivity index (χ2n) is 4.73. The molecule has 21 heavy (non-hydrogen) atoms. The molecule has 0 aliphatic heterocycles. The van der Waals surface area contributed by atoms with E-state index in [9.17, 15) is 19.7 Å². The van der Waals surface area contributed by atoms with Crippen molar-refractivity contribution in [2.75, 3.05) is 0 Å². The predicted octanol–water partition coefficient (Wildman–Crippen LogP) is 1.01. The fourth-order valence-electron chi connectivity index (χ4n) is 2.15. The Morgan fingerprint density at radius 3 is 2.38 bits per heavy atom. The summed E-state index contributed by atoms with van der Waals surface area (Å²) in [5, 5.41) is 11.0. The van der Waals surface area contributed by atoms with Gasteiger partial charge in [0.1, 0.15) is 5.69 Å². The fourth-order valence-corrected chi connectivity index (χ4v) is 2.15. The lowest BCUT2D eigenvalue weighted by Gasteiger charge is -2.09. The van der Waals surface area contributed by atoms with Gasteiger partial charge in [0.2, 0.25) is 0 Å². The van der Waals surface area contributed by atoms with Crippen molar-refractivity contribution in [2.45, 2.75) is 19.9 Å². The lowest BCUT2D eigenvalue weighted by atomic mass is 10.1. The smallest absolute Gasteiger partial charge is 0.294 e. The Morgan fingerprint density at radius 1 is 1.19 bits per heavy atom. The monoisotopic (exact) mass is 289 g/mol. The summed E-state index contributed by atoms with van der Waals surface area (Å²) in [5.74, 6) is 0. The van der Waals surface area contributed by atoms with Gasteiger partial charge in [0, 0.05) is 13.6 Å². The van der Waals surface area contributed by atoms with Gasteiger partial charge < -0.3 is 0 Å². The van der Waals surface area contributed by atoms with E-state index < -0.39 is 21.9 Å². The molecule has 7 heteroatoms. The lowest BCUT2D eigenvalue weighted by Crippen LogP contribution is -2.41. The van der Waals surface area contributed by atoms with Gasteiger partial charge in [0.15, 0.2) is 0 Å². The zero-order valence-electron chi connectivity index (χ0n) is 11.8. The van der Waals surface area contributed by atoms with Crippen molar-refractivity contribution in [2.24, 2.45) is 7.05 Å². The molecule has 0 spiro atoms. The molecule has 0 radical (unpaired) electrons. The van der Waals surface area contributed by atoms with E-state index >= 15 is 0 Å². The van der Waals surface area contributed by atoms with Gasteiger partial charge in [-0.1, -0.05) is 30.3 Å². The Hall–Kier alpha value is -2.70. The molecule has 7 nitrogen and oxygen atoms in total. The number of rotatable bonds is 4. The zero-order chi connectivity index (χ0) is 15.6. The summed E-state index contributed by atoms with van der Waals surface area (Å²) in [6, 6.07) is 9.32. The van der Waals surface area contributed by atoms with Gasteiger partial charge in [0.05, 0.1) is 4.92 Å². The van der Waals surface area contributed by atoms with E-state index in [-0.39, 0.29) is 12.2 Å². The van der Waals surface area contributed by atoms with Gasteiger partial charge in [0.25, 0.3) is 0 Å². The van der Waals surface area contributed by atoms with Crippen LogP contribution >= 0.6 is 0 Å². The fraction of sp³-hybridized carbons (Fsp3) is 0.286. The number of nitro groups is 1. The highest BCUT2D eigenvalue weighted by Gasteiger charge is 2.23. The Balaban J connectivity index is 2.47.